The summed E-state index contributed by atoms with van der Waals surface area (Å²) >= 11 is 0. The molecule has 5 heteroatoms. The van der Waals surface area contributed by atoms with Gasteiger partial charge in [0, 0.05) is 25.6 Å². The van der Waals surface area contributed by atoms with E-state index in [1.54, 1.807) is 0 Å². The summed E-state index contributed by atoms with van der Waals surface area (Å²) in [6, 6.07) is 10.2. The highest BCUT2D eigenvalue weighted by molar-refractivity contribution is 5.80. The van der Waals surface area contributed by atoms with Crippen LogP contribution in [0, 0.1) is 5.92 Å². The van der Waals surface area contributed by atoms with Gasteiger partial charge in [0.05, 0.1) is 0 Å². The molecule has 1 aliphatic rings. The summed E-state index contributed by atoms with van der Waals surface area (Å²) in [5, 5.41) is 21.3. The van der Waals surface area contributed by atoms with Crippen molar-refractivity contribution in [3.05, 3.63) is 35.9 Å². The summed E-state index contributed by atoms with van der Waals surface area (Å²) in [7, 11) is 0. The van der Waals surface area contributed by atoms with E-state index in [9.17, 15) is 5.11 Å². The molecule has 0 aromatic heterocycles. The maximum absolute atomic E-state index is 9.37. The van der Waals surface area contributed by atoms with Crippen LogP contribution in [0.4, 0.5) is 0 Å². The van der Waals surface area contributed by atoms with Crippen LogP contribution in [0.5, 0.6) is 0 Å². The molecule has 2 atom stereocenters. The minimum Gasteiger partial charge on any atom is -0.409 e. The third-order valence-corrected chi connectivity index (χ3v) is 3.96. The number of rotatable bonds is 5. The first-order chi connectivity index (χ1) is 9.74. The van der Waals surface area contributed by atoms with Gasteiger partial charge in [-0.15, -0.1) is 0 Å². The molecule has 0 bridgehead atoms. The highest BCUT2D eigenvalue weighted by Crippen LogP contribution is 2.29. The molecule has 1 aromatic carbocycles. The molecule has 0 amide bonds. The topological polar surface area (TPSA) is 82.1 Å². The third-order valence-electron chi connectivity index (χ3n) is 3.96. The van der Waals surface area contributed by atoms with Crippen molar-refractivity contribution >= 4 is 5.84 Å². The van der Waals surface area contributed by atoms with E-state index in [1.807, 2.05) is 18.2 Å². The normalized spacial score (nSPS) is 22.6. The zero-order chi connectivity index (χ0) is 14.4. The molecule has 0 spiro atoms. The zero-order valence-electron chi connectivity index (χ0n) is 11.7. The van der Waals surface area contributed by atoms with Crippen LogP contribution in [-0.2, 0) is 0 Å². The number of likely N-dealkylation sites (tertiary alicyclic amines) is 1. The van der Waals surface area contributed by atoms with Crippen molar-refractivity contribution in [3.8, 4) is 0 Å². The van der Waals surface area contributed by atoms with Crippen LogP contribution in [-0.4, -0.2) is 40.7 Å². The number of aliphatic hydroxyl groups excluding tert-OH is 1. The molecule has 1 saturated heterocycles. The van der Waals surface area contributed by atoms with Crippen LogP contribution in [0.1, 0.15) is 30.9 Å². The standard InChI is InChI=1S/C15H23N3O2/c16-15(17-20)9-14(13-6-2-1-3-7-13)18-8-4-5-12(10-18)11-19/h1-3,6-7,12,14,19-20H,4-5,8-11H2,(H2,16,17). The summed E-state index contributed by atoms with van der Waals surface area (Å²) < 4.78 is 0. The number of hydrogen-bond donors (Lipinski definition) is 3. The molecule has 1 aliphatic heterocycles. The van der Waals surface area contributed by atoms with Crippen molar-refractivity contribution in [2.45, 2.75) is 25.3 Å². The first-order valence-corrected chi connectivity index (χ1v) is 7.11. The van der Waals surface area contributed by atoms with E-state index < -0.39 is 0 Å². The van der Waals surface area contributed by atoms with Gasteiger partial charge in [0.25, 0.3) is 0 Å². The molecule has 110 valence electrons. The Morgan fingerprint density at radius 3 is 2.80 bits per heavy atom. The van der Waals surface area contributed by atoms with Gasteiger partial charge in [-0.1, -0.05) is 35.5 Å². The molecule has 2 rings (SSSR count). The average Bonchev–Trinajstić information content (AvgIpc) is 2.53. The summed E-state index contributed by atoms with van der Waals surface area (Å²) in [5.41, 5.74) is 6.87. The van der Waals surface area contributed by atoms with E-state index in [4.69, 9.17) is 10.9 Å². The monoisotopic (exact) mass is 277 g/mol. The lowest BCUT2D eigenvalue weighted by molar-refractivity contribution is 0.0892. The van der Waals surface area contributed by atoms with Gasteiger partial charge >= 0.3 is 0 Å². The largest absolute Gasteiger partial charge is 0.409 e. The molecular weight excluding hydrogens is 254 g/mol. The smallest absolute Gasteiger partial charge is 0.141 e. The van der Waals surface area contributed by atoms with E-state index in [0.29, 0.717) is 12.3 Å². The number of hydrogen-bond acceptors (Lipinski definition) is 4. The molecular formula is C15H23N3O2. The lowest BCUT2D eigenvalue weighted by Crippen LogP contribution is -2.40. The summed E-state index contributed by atoms with van der Waals surface area (Å²) in [6.07, 6.45) is 2.64. The number of piperidine rings is 1. The van der Waals surface area contributed by atoms with E-state index in [1.165, 1.54) is 0 Å². The lowest BCUT2D eigenvalue weighted by Gasteiger charge is -2.38. The van der Waals surface area contributed by atoms with Gasteiger partial charge in [0.15, 0.2) is 0 Å². The maximum atomic E-state index is 9.37. The van der Waals surface area contributed by atoms with Crippen LogP contribution in [0.2, 0.25) is 0 Å². The number of aliphatic hydroxyl groups is 1. The predicted molar refractivity (Wildman–Crippen MR) is 78.6 cm³/mol. The SMILES string of the molecule is NC(CC(c1ccccc1)N1CCCC(CO)C1)=NO. The van der Waals surface area contributed by atoms with Crippen LogP contribution in [0.3, 0.4) is 0 Å². The molecule has 5 nitrogen and oxygen atoms in total. The van der Waals surface area contributed by atoms with Crippen molar-refractivity contribution in [2.24, 2.45) is 16.8 Å². The quantitative estimate of drug-likeness (QED) is 0.330. The van der Waals surface area contributed by atoms with Crippen molar-refractivity contribution in [1.29, 1.82) is 0 Å². The fourth-order valence-electron chi connectivity index (χ4n) is 2.90. The Morgan fingerprint density at radius 1 is 1.40 bits per heavy atom. The highest BCUT2D eigenvalue weighted by atomic mass is 16.4. The fraction of sp³-hybridized carbons (Fsp3) is 0.533. The Hall–Kier alpha value is -1.59. The van der Waals surface area contributed by atoms with E-state index in [-0.39, 0.29) is 18.5 Å². The molecule has 0 aliphatic carbocycles. The minimum absolute atomic E-state index is 0.0986. The van der Waals surface area contributed by atoms with Gasteiger partial charge < -0.3 is 16.0 Å². The number of benzene rings is 1. The summed E-state index contributed by atoms with van der Waals surface area (Å²) in [5.74, 6) is 0.562. The van der Waals surface area contributed by atoms with Crippen LogP contribution in [0.15, 0.2) is 35.5 Å². The lowest BCUT2D eigenvalue weighted by atomic mass is 9.94. The molecule has 1 aromatic rings. The molecule has 20 heavy (non-hydrogen) atoms. The maximum Gasteiger partial charge on any atom is 0.141 e. The number of nitrogens with two attached hydrogens (primary N) is 1. The summed E-state index contributed by atoms with van der Waals surface area (Å²) in [6.45, 7) is 2.06. The van der Waals surface area contributed by atoms with Gasteiger partial charge in [-0.3, -0.25) is 4.90 Å². The van der Waals surface area contributed by atoms with Crippen LogP contribution in [0.25, 0.3) is 0 Å². The molecule has 1 fully saturated rings. The highest BCUT2D eigenvalue weighted by Gasteiger charge is 2.27. The van der Waals surface area contributed by atoms with E-state index in [0.717, 1.165) is 31.5 Å². The van der Waals surface area contributed by atoms with Crippen molar-refractivity contribution in [1.82, 2.24) is 4.90 Å². The second kappa shape index (κ2) is 7.26. The van der Waals surface area contributed by atoms with Gasteiger partial charge in [-0.05, 0) is 30.9 Å². The number of nitrogens with zero attached hydrogens (tertiary/aromatic N) is 2. The molecule has 0 radical (unpaired) electrons. The Kier molecular flexibility index (Phi) is 5.38. The Morgan fingerprint density at radius 2 is 2.15 bits per heavy atom. The van der Waals surface area contributed by atoms with Crippen molar-refractivity contribution < 1.29 is 10.3 Å². The van der Waals surface area contributed by atoms with Gasteiger partial charge in [0.2, 0.25) is 0 Å². The Bertz CT molecular complexity index is 436. The predicted octanol–water partition coefficient (Wildman–Crippen LogP) is 1.57. The minimum atomic E-state index is 0.0986. The van der Waals surface area contributed by atoms with Gasteiger partial charge in [-0.2, -0.15) is 0 Å². The number of oxime groups is 1. The van der Waals surface area contributed by atoms with Gasteiger partial charge in [-0.25, -0.2) is 0 Å². The molecule has 2 unspecified atom stereocenters. The molecule has 4 N–H and O–H groups in total. The van der Waals surface area contributed by atoms with Gasteiger partial charge in [0.1, 0.15) is 5.84 Å². The molecule has 1 heterocycles. The Balaban J connectivity index is 2.17. The molecule has 0 saturated carbocycles. The first-order valence-electron chi connectivity index (χ1n) is 7.11. The zero-order valence-corrected chi connectivity index (χ0v) is 11.7. The second-order valence-electron chi connectivity index (χ2n) is 5.41. The third kappa shape index (κ3) is 3.71. The van der Waals surface area contributed by atoms with Crippen LogP contribution >= 0.6 is 0 Å². The fourth-order valence-corrected chi connectivity index (χ4v) is 2.90. The number of amidine groups is 1. The average molecular weight is 277 g/mol. The van der Waals surface area contributed by atoms with Crippen LogP contribution < -0.4 is 5.73 Å². The Labute approximate surface area is 119 Å². The second-order valence-corrected chi connectivity index (χ2v) is 5.41. The first kappa shape index (κ1) is 14.8. The van der Waals surface area contributed by atoms with E-state index in [2.05, 4.69) is 22.2 Å². The summed E-state index contributed by atoms with van der Waals surface area (Å²) in [4.78, 5) is 2.33. The van der Waals surface area contributed by atoms with Crippen molar-refractivity contribution in [2.75, 3.05) is 19.7 Å². The van der Waals surface area contributed by atoms with Crippen molar-refractivity contribution in [3.63, 3.8) is 0 Å². The van der Waals surface area contributed by atoms with E-state index >= 15 is 0 Å².